The predicted molar refractivity (Wildman–Crippen MR) is 102 cm³/mol. The maximum absolute atomic E-state index is 12.1. The number of ether oxygens (including phenoxy) is 2. The molecule has 2 aliphatic rings. The number of fused-ring (bicyclic) bond motifs is 1. The highest BCUT2D eigenvalue weighted by atomic mass is 16.7. The molecular formula is C20H23N3O3. The van der Waals surface area contributed by atoms with Crippen LogP contribution in [0.1, 0.15) is 19.3 Å². The first-order valence-electron chi connectivity index (χ1n) is 9.06. The molecule has 4 rings (SSSR count). The summed E-state index contributed by atoms with van der Waals surface area (Å²) in [7, 11) is 0. The molecule has 26 heavy (non-hydrogen) atoms. The lowest BCUT2D eigenvalue weighted by Crippen LogP contribution is -2.18. The summed E-state index contributed by atoms with van der Waals surface area (Å²) < 4.78 is 10.6. The first kappa shape index (κ1) is 16.6. The molecule has 1 fully saturated rings. The lowest BCUT2D eigenvalue weighted by atomic mass is 10.2. The number of amides is 1. The fourth-order valence-electron chi connectivity index (χ4n) is 3.28. The van der Waals surface area contributed by atoms with Crippen LogP contribution in [-0.2, 0) is 4.79 Å². The van der Waals surface area contributed by atoms with E-state index < -0.39 is 0 Å². The van der Waals surface area contributed by atoms with E-state index in [0.29, 0.717) is 13.0 Å². The van der Waals surface area contributed by atoms with E-state index in [2.05, 4.69) is 27.7 Å². The number of hydrogen-bond donors (Lipinski definition) is 2. The normalized spacial score (nSPS) is 15.2. The predicted octanol–water partition coefficient (Wildman–Crippen LogP) is 3.46. The Bertz CT molecular complexity index is 770. The number of carbonyl (C=O) groups excluding carboxylic acids is 1. The largest absolute Gasteiger partial charge is 0.454 e. The topological polar surface area (TPSA) is 62.8 Å². The molecule has 2 N–H and O–H groups in total. The zero-order valence-electron chi connectivity index (χ0n) is 14.7. The van der Waals surface area contributed by atoms with Crippen molar-refractivity contribution < 1.29 is 14.3 Å². The lowest BCUT2D eigenvalue weighted by Gasteiger charge is -2.17. The fourth-order valence-corrected chi connectivity index (χ4v) is 3.28. The van der Waals surface area contributed by atoms with E-state index >= 15 is 0 Å². The lowest BCUT2D eigenvalue weighted by molar-refractivity contribution is -0.115. The number of hydrogen-bond acceptors (Lipinski definition) is 5. The summed E-state index contributed by atoms with van der Waals surface area (Å²) in [6.07, 6.45) is 2.91. The Kier molecular flexibility index (Phi) is 4.82. The Morgan fingerprint density at radius 3 is 2.50 bits per heavy atom. The third-order valence-corrected chi connectivity index (χ3v) is 4.68. The molecule has 0 radical (unpaired) electrons. The molecule has 6 heteroatoms. The third-order valence-electron chi connectivity index (χ3n) is 4.68. The summed E-state index contributed by atoms with van der Waals surface area (Å²) in [4.78, 5) is 14.5. The van der Waals surface area contributed by atoms with E-state index in [1.54, 1.807) is 0 Å². The summed E-state index contributed by atoms with van der Waals surface area (Å²) >= 11 is 0. The first-order valence-corrected chi connectivity index (χ1v) is 9.06. The summed E-state index contributed by atoms with van der Waals surface area (Å²) in [5.74, 6) is 1.48. The van der Waals surface area contributed by atoms with Crippen molar-refractivity contribution >= 4 is 23.0 Å². The minimum Gasteiger partial charge on any atom is -0.454 e. The van der Waals surface area contributed by atoms with Crippen LogP contribution in [0.5, 0.6) is 11.5 Å². The van der Waals surface area contributed by atoms with Crippen molar-refractivity contribution in [2.45, 2.75) is 19.3 Å². The van der Waals surface area contributed by atoms with Gasteiger partial charge in [-0.25, -0.2) is 0 Å². The Morgan fingerprint density at radius 2 is 1.69 bits per heavy atom. The minimum absolute atomic E-state index is 0.00725. The molecule has 2 heterocycles. The van der Waals surface area contributed by atoms with Crippen molar-refractivity contribution in [2.24, 2.45) is 0 Å². The molecule has 0 bridgehead atoms. The first-order chi connectivity index (χ1) is 12.8. The van der Waals surface area contributed by atoms with Gasteiger partial charge in [0.1, 0.15) is 0 Å². The van der Waals surface area contributed by atoms with Crippen LogP contribution < -0.4 is 25.0 Å². The molecule has 0 saturated carbocycles. The number of carbonyl (C=O) groups is 1. The second-order valence-electron chi connectivity index (χ2n) is 6.53. The van der Waals surface area contributed by atoms with Crippen LogP contribution in [0, 0.1) is 0 Å². The van der Waals surface area contributed by atoms with Gasteiger partial charge in [0.15, 0.2) is 11.5 Å². The summed E-state index contributed by atoms with van der Waals surface area (Å²) in [5, 5.41) is 6.18. The molecule has 2 aliphatic heterocycles. The number of anilines is 3. The average molecular weight is 353 g/mol. The second kappa shape index (κ2) is 7.56. The highest BCUT2D eigenvalue weighted by molar-refractivity contribution is 5.91. The molecule has 1 amide bonds. The molecular weight excluding hydrogens is 330 g/mol. The van der Waals surface area contributed by atoms with E-state index in [9.17, 15) is 4.79 Å². The summed E-state index contributed by atoms with van der Waals surface area (Å²) in [6, 6.07) is 13.8. The molecule has 0 spiro atoms. The van der Waals surface area contributed by atoms with Gasteiger partial charge in [-0.3, -0.25) is 4.79 Å². The molecule has 2 aromatic rings. The maximum atomic E-state index is 12.1. The Hall–Kier alpha value is -2.89. The van der Waals surface area contributed by atoms with E-state index in [4.69, 9.17) is 9.47 Å². The van der Waals surface area contributed by atoms with Gasteiger partial charge in [-0.05, 0) is 49.2 Å². The van der Waals surface area contributed by atoms with Crippen molar-refractivity contribution in [3.63, 3.8) is 0 Å². The van der Waals surface area contributed by atoms with Crippen LogP contribution >= 0.6 is 0 Å². The smallest absolute Gasteiger partial charge is 0.231 e. The Labute approximate surface area is 153 Å². The van der Waals surface area contributed by atoms with Crippen molar-refractivity contribution in [3.05, 3.63) is 42.5 Å². The summed E-state index contributed by atoms with van der Waals surface area (Å²) in [5.41, 5.74) is 2.98. The van der Waals surface area contributed by atoms with Gasteiger partial charge in [-0.15, -0.1) is 0 Å². The van der Waals surface area contributed by atoms with Crippen LogP contribution in [0.15, 0.2) is 42.5 Å². The maximum Gasteiger partial charge on any atom is 0.231 e. The highest BCUT2D eigenvalue weighted by Gasteiger charge is 2.14. The monoisotopic (exact) mass is 353 g/mol. The number of benzene rings is 2. The molecule has 1 saturated heterocycles. The van der Waals surface area contributed by atoms with Gasteiger partial charge >= 0.3 is 0 Å². The fraction of sp³-hybridized carbons (Fsp3) is 0.350. The standard InChI is InChI=1S/C20H23N3O3/c24-20(9-10-21-16-5-8-18-19(13-16)26-14-25-18)22-15-3-6-17(7-4-15)23-11-1-2-12-23/h3-8,13,21H,1-2,9-12,14H2,(H,22,24). The second-order valence-corrected chi connectivity index (χ2v) is 6.53. The van der Waals surface area contributed by atoms with Crippen molar-refractivity contribution in [2.75, 3.05) is 42.0 Å². The van der Waals surface area contributed by atoms with Gasteiger partial charge < -0.3 is 25.0 Å². The zero-order valence-corrected chi connectivity index (χ0v) is 14.7. The molecule has 6 nitrogen and oxygen atoms in total. The molecule has 0 aromatic heterocycles. The number of nitrogens with zero attached hydrogens (tertiary/aromatic N) is 1. The van der Waals surface area contributed by atoms with Crippen LogP contribution in [0.3, 0.4) is 0 Å². The van der Waals surface area contributed by atoms with E-state index in [0.717, 1.165) is 36.0 Å². The zero-order chi connectivity index (χ0) is 17.8. The van der Waals surface area contributed by atoms with E-state index in [1.165, 1.54) is 18.5 Å². The van der Waals surface area contributed by atoms with Gasteiger partial charge in [0.25, 0.3) is 0 Å². The van der Waals surface area contributed by atoms with Crippen LogP contribution in [-0.4, -0.2) is 32.3 Å². The molecule has 0 aliphatic carbocycles. The quantitative estimate of drug-likeness (QED) is 0.833. The van der Waals surface area contributed by atoms with Crippen LogP contribution in [0.4, 0.5) is 17.1 Å². The van der Waals surface area contributed by atoms with Crippen molar-refractivity contribution in [1.82, 2.24) is 0 Å². The van der Waals surface area contributed by atoms with Crippen LogP contribution in [0.25, 0.3) is 0 Å². The average Bonchev–Trinajstić information content (AvgIpc) is 3.34. The Morgan fingerprint density at radius 1 is 0.962 bits per heavy atom. The van der Waals surface area contributed by atoms with Gasteiger partial charge in [0.2, 0.25) is 12.7 Å². The SMILES string of the molecule is O=C(CCNc1ccc2c(c1)OCO2)Nc1ccc(N2CCCC2)cc1. The number of rotatable bonds is 6. The van der Waals surface area contributed by atoms with Gasteiger partial charge in [0.05, 0.1) is 0 Å². The van der Waals surface area contributed by atoms with Gasteiger partial charge in [-0.2, -0.15) is 0 Å². The third kappa shape index (κ3) is 3.85. The van der Waals surface area contributed by atoms with E-state index in [-0.39, 0.29) is 12.7 Å². The minimum atomic E-state index is -0.00725. The van der Waals surface area contributed by atoms with Crippen LogP contribution in [0.2, 0.25) is 0 Å². The Balaban J connectivity index is 1.23. The van der Waals surface area contributed by atoms with Crippen molar-refractivity contribution in [1.29, 1.82) is 0 Å². The van der Waals surface area contributed by atoms with Gasteiger partial charge in [0, 0.05) is 49.2 Å². The number of nitrogens with one attached hydrogen (secondary N) is 2. The molecule has 0 unspecified atom stereocenters. The molecule has 136 valence electrons. The van der Waals surface area contributed by atoms with Gasteiger partial charge in [-0.1, -0.05) is 0 Å². The molecule has 0 atom stereocenters. The molecule has 2 aromatic carbocycles. The van der Waals surface area contributed by atoms with E-state index in [1.807, 2.05) is 30.3 Å². The van der Waals surface area contributed by atoms with Crippen molar-refractivity contribution in [3.8, 4) is 11.5 Å². The summed E-state index contributed by atoms with van der Waals surface area (Å²) in [6.45, 7) is 3.06. The highest BCUT2D eigenvalue weighted by Crippen LogP contribution is 2.34.